The lowest BCUT2D eigenvalue weighted by Gasteiger charge is -2.45. The number of carbonyl (C=O) groups is 1. The van der Waals surface area contributed by atoms with E-state index in [9.17, 15) is 9.59 Å². The summed E-state index contributed by atoms with van der Waals surface area (Å²) in [7, 11) is 3.94. The number of rotatable bonds is 6. The lowest BCUT2D eigenvalue weighted by Crippen LogP contribution is -2.58. The van der Waals surface area contributed by atoms with E-state index >= 15 is 4.39 Å². The van der Waals surface area contributed by atoms with E-state index in [0.717, 1.165) is 16.5 Å². The van der Waals surface area contributed by atoms with E-state index in [1.54, 1.807) is 23.2 Å². The molecule has 4 heterocycles. The monoisotopic (exact) mass is 638 g/mol. The summed E-state index contributed by atoms with van der Waals surface area (Å²) in [5.74, 6) is -0.232. The number of halogens is 2. The summed E-state index contributed by atoms with van der Waals surface area (Å²) in [5.41, 5.74) is 3.92. The minimum absolute atomic E-state index is 0.0164. The zero-order chi connectivity index (χ0) is 33.6. The van der Waals surface area contributed by atoms with E-state index in [1.807, 2.05) is 74.3 Å². The van der Waals surface area contributed by atoms with Crippen molar-refractivity contribution < 1.29 is 9.18 Å². The van der Waals surface area contributed by atoms with E-state index in [-0.39, 0.29) is 40.2 Å². The number of piperazine rings is 1. The predicted octanol–water partition coefficient (Wildman–Crippen LogP) is 4.63. The van der Waals surface area contributed by atoms with Gasteiger partial charge in [0.05, 0.1) is 27.5 Å². The van der Waals surface area contributed by atoms with Crippen molar-refractivity contribution in [2.75, 3.05) is 18.0 Å². The van der Waals surface area contributed by atoms with Gasteiger partial charge in [-0.05, 0) is 69.0 Å². The number of anilines is 1. The first-order valence-electron chi connectivity index (χ1n) is 15.5. The highest BCUT2D eigenvalue weighted by Crippen LogP contribution is 2.39. The maximum absolute atomic E-state index is 15.8. The van der Waals surface area contributed by atoms with Crippen LogP contribution in [-0.4, -0.2) is 71.2 Å². The minimum Gasteiger partial charge on any atom is -0.347 e. The summed E-state index contributed by atoms with van der Waals surface area (Å²) in [4.78, 5) is 44.9. The van der Waals surface area contributed by atoms with Crippen LogP contribution < -0.4 is 10.6 Å². The van der Waals surface area contributed by atoms with Crippen molar-refractivity contribution in [2.45, 2.75) is 59.5 Å². The van der Waals surface area contributed by atoms with Gasteiger partial charge >= 0.3 is 5.69 Å². The summed E-state index contributed by atoms with van der Waals surface area (Å²) < 4.78 is 17.3. The molecule has 46 heavy (non-hydrogen) atoms. The van der Waals surface area contributed by atoms with Gasteiger partial charge in [-0.3, -0.25) is 9.78 Å². The number of aromatic nitrogens is 4. The quantitative estimate of drug-likeness (QED) is 0.226. The number of amides is 1. The highest BCUT2D eigenvalue weighted by molar-refractivity contribution is 6.51. The predicted molar refractivity (Wildman–Crippen MR) is 190 cm³/mol. The second-order valence-corrected chi connectivity index (χ2v) is 13.0. The lowest BCUT2D eigenvalue weighted by atomic mass is 9.73. The van der Waals surface area contributed by atoms with Crippen LogP contribution in [0.25, 0.3) is 33.6 Å². The molecule has 1 aliphatic heterocycles. The Kier molecular flexibility index (Phi) is 9.27. The number of benzene rings is 1. The zero-order valence-corrected chi connectivity index (χ0v) is 28.4. The SMILES string of the molecule is BC(B)=C(C)c1cccc(F)c1-c1nc2c(cc1Cl)c(N1[C@@H](C)CN(C(=O)C=C)C[C@@H]1C)nc(=O)n2-c1c(C)ccnc1C(C)C. The van der Waals surface area contributed by atoms with Gasteiger partial charge in [0.15, 0.2) is 5.65 Å². The summed E-state index contributed by atoms with van der Waals surface area (Å²) in [5, 5.41) is 1.78. The van der Waals surface area contributed by atoms with Gasteiger partial charge in [-0.25, -0.2) is 18.7 Å². The summed E-state index contributed by atoms with van der Waals surface area (Å²) >= 11 is 7.03. The first-order valence-corrected chi connectivity index (χ1v) is 15.9. The summed E-state index contributed by atoms with van der Waals surface area (Å²) in [6, 6.07) is 8.10. The number of pyridine rings is 2. The normalized spacial score (nSPS) is 16.6. The van der Waals surface area contributed by atoms with Crippen LogP contribution in [0.1, 0.15) is 57.4 Å². The summed E-state index contributed by atoms with van der Waals surface area (Å²) in [6.07, 6.45) is 3.03. The van der Waals surface area contributed by atoms with Crippen LogP contribution in [0.5, 0.6) is 0 Å². The number of carbonyl (C=O) groups excluding carboxylic acids is 1. The first kappa shape index (κ1) is 33.1. The number of aryl methyl sites for hydroxylation is 1. The number of fused-ring (bicyclic) bond motifs is 1. The Labute approximate surface area is 275 Å². The Hall–Kier alpha value is -4.24. The van der Waals surface area contributed by atoms with Crippen LogP contribution in [0.3, 0.4) is 0 Å². The average molecular weight is 639 g/mol. The molecule has 0 saturated carbocycles. The van der Waals surface area contributed by atoms with Crippen LogP contribution in [0, 0.1) is 12.7 Å². The Morgan fingerprint density at radius 2 is 1.83 bits per heavy atom. The smallest absolute Gasteiger partial charge is 0.347 e. The van der Waals surface area contributed by atoms with E-state index in [2.05, 4.69) is 16.5 Å². The highest BCUT2D eigenvalue weighted by Gasteiger charge is 2.34. The van der Waals surface area contributed by atoms with E-state index in [4.69, 9.17) is 16.6 Å². The first-order chi connectivity index (χ1) is 21.8. The van der Waals surface area contributed by atoms with Gasteiger partial charge in [0, 0.05) is 36.9 Å². The maximum Gasteiger partial charge on any atom is 0.355 e. The van der Waals surface area contributed by atoms with Crippen molar-refractivity contribution in [3.63, 3.8) is 0 Å². The molecular formula is C34H38B2ClFN6O2. The minimum atomic E-state index is -0.542. The fourth-order valence-corrected chi connectivity index (χ4v) is 6.61. The molecule has 1 aliphatic rings. The summed E-state index contributed by atoms with van der Waals surface area (Å²) in [6.45, 7) is 16.3. The number of hydrogen-bond acceptors (Lipinski definition) is 6. The van der Waals surface area contributed by atoms with Crippen molar-refractivity contribution in [3.8, 4) is 16.9 Å². The van der Waals surface area contributed by atoms with E-state index in [0.29, 0.717) is 46.9 Å². The molecule has 1 aromatic carbocycles. The Morgan fingerprint density at radius 1 is 1.15 bits per heavy atom. The fourth-order valence-electron chi connectivity index (χ4n) is 6.36. The molecule has 0 N–H and O–H groups in total. The Morgan fingerprint density at radius 3 is 2.43 bits per heavy atom. The Balaban J connectivity index is 1.89. The number of hydrogen-bond donors (Lipinski definition) is 0. The standard InChI is InChI=1S/C34H38B2ClFN6O2/c1-8-26(45)42-15-19(5)43(20(6)16-42)33-23-14-24(37)29(27-22(21(7)31(35)36)10-9-11-25(27)38)40-32(23)44(34(46)41-33)30-18(4)12-13-39-28(30)17(2)3/h8-14,17,19-20H,1,15-16,35-36H2,2-7H3/t19-,20-/m0/s1. The van der Waals surface area contributed by atoms with Gasteiger partial charge < -0.3 is 9.80 Å². The molecule has 8 nitrogen and oxygen atoms in total. The van der Waals surface area contributed by atoms with Crippen LogP contribution in [0.15, 0.2) is 59.3 Å². The largest absolute Gasteiger partial charge is 0.355 e. The highest BCUT2D eigenvalue weighted by atomic mass is 35.5. The van der Waals surface area contributed by atoms with Gasteiger partial charge in [0.1, 0.15) is 27.3 Å². The van der Waals surface area contributed by atoms with Gasteiger partial charge in [0.2, 0.25) is 5.91 Å². The molecule has 3 aromatic heterocycles. The van der Waals surface area contributed by atoms with Crippen molar-refractivity contribution in [1.82, 2.24) is 24.4 Å². The van der Waals surface area contributed by atoms with Crippen molar-refractivity contribution >= 4 is 55.6 Å². The molecule has 1 fully saturated rings. The van der Waals surface area contributed by atoms with Crippen molar-refractivity contribution in [3.05, 3.63) is 92.7 Å². The molecule has 1 saturated heterocycles. The van der Waals surface area contributed by atoms with Crippen LogP contribution in [-0.2, 0) is 4.79 Å². The molecule has 4 aromatic rings. The van der Waals surface area contributed by atoms with Crippen LogP contribution >= 0.6 is 11.6 Å². The molecule has 2 atom stereocenters. The zero-order valence-electron chi connectivity index (χ0n) is 27.7. The molecule has 0 unspecified atom stereocenters. The van der Waals surface area contributed by atoms with Crippen molar-refractivity contribution in [2.24, 2.45) is 0 Å². The molecule has 5 rings (SSSR count). The topological polar surface area (TPSA) is 84.2 Å². The Bertz CT molecular complexity index is 1960. The van der Waals surface area contributed by atoms with Gasteiger partial charge in [-0.1, -0.05) is 49.7 Å². The van der Waals surface area contributed by atoms with Crippen molar-refractivity contribution in [1.29, 1.82) is 0 Å². The second kappa shape index (κ2) is 12.9. The third kappa shape index (κ3) is 5.77. The van der Waals surface area contributed by atoms with E-state index in [1.165, 1.54) is 16.7 Å². The third-order valence-corrected chi connectivity index (χ3v) is 9.07. The molecular weight excluding hydrogens is 600 g/mol. The van der Waals surface area contributed by atoms with Gasteiger partial charge in [-0.15, -0.1) is 5.37 Å². The molecule has 1 amide bonds. The second-order valence-electron chi connectivity index (χ2n) is 12.6. The van der Waals surface area contributed by atoms with Gasteiger partial charge in [0.25, 0.3) is 0 Å². The van der Waals surface area contributed by atoms with Crippen LogP contribution in [0.2, 0.25) is 5.02 Å². The molecule has 12 heteroatoms. The maximum atomic E-state index is 15.8. The van der Waals surface area contributed by atoms with E-state index < -0.39 is 11.5 Å². The molecule has 0 spiro atoms. The molecule has 0 bridgehead atoms. The van der Waals surface area contributed by atoms with Gasteiger partial charge in [-0.2, -0.15) is 4.98 Å². The average Bonchev–Trinajstić information content (AvgIpc) is 3.00. The fraction of sp³-hybridized carbons (Fsp3) is 0.324. The molecule has 236 valence electrons. The molecule has 0 aliphatic carbocycles. The number of allylic oxidation sites excluding steroid dienone is 1. The number of nitrogens with zero attached hydrogens (tertiary/aromatic N) is 6. The lowest BCUT2D eigenvalue weighted by molar-refractivity contribution is -0.127. The van der Waals surface area contributed by atoms with Crippen LogP contribution in [0.4, 0.5) is 10.2 Å². The third-order valence-electron chi connectivity index (χ3n) is 8.78. The molecule has 0 radical (unpaired) electrons.